The number of rotatable bonds is 5. The molecule has 7 nitrogen and oxygen atoms in total. The molecule has 0 amide bonds. The second kappa shape index (κ2) is 5.74. The van der Waals surface area contributed by atoms with Gasteiger partial charge in [-0.25, -0.2) is 4.79 Å². The van der Waals surface area contributed by atoms with Crippen molar-refractivity contribution in [3.05, 3.63) is 57.9 Å². The van der Waals surface area contributed by atoms with E-state index in [2.05, 4.69) is 15.8 Å². The van der Waals surface area contributed by atoms with Gasteiger partial charge in [0.25, 0.3) is 5.69 Å². The van der Waals surface area contributed by atoms with Crippen molar-refractivity contribution in [1.29, 1.82) is 0 Å². The molecule has 0 atom stereocenters. The first-order valence-corrected chi connectivity index (χ1v) is 8.10. The maximum Gasteiger partial charge on any atom is 0.338 e. The van der Waals surface area contributed by atoms with Crippen LogP contribution in [0.4, 0.5) is 5.69 Å². The molecule has 2 aliphatic carbocycles. The van der Waals surface area contributed by atoms with Crippen molar-refractivity contribution in [2.75, 3.05) is 0 Å². The van der Waals surface area contributed by atoms with Gasteiger partial charge in [0.15, 0.2) is 0 Å². The van der Waals surface area contributed by atoms with Crippen LogP contribution in [-0.4, -0.2) is 26.8 Å². The topological polar surface area (TPSA) is 87.3 Å². The third kappa shape index (κ3) is 2.77. The van der Waals surface area contributed by atoms with E-state index in [0.717, 1.165) is 12.8 Å². The number of carbonyl (C=O) groups excluding carboxylic acids is 1. The van der Waals surface area contributed by atoms with E-state index in [0.29, 0.717) is 17.5 Å². The first-order valence-electron chi connectivity index (χ1n) is 8.10. The minimum atomic E-state index is -0.493. The summed E-state index contributed by atoms with van der Waals surface area (Å²) in [4.78, 5) is 22.2. The summed E-state index contributed by atoms with van der Waals surface area (Å²) >= 11 is 0. The summed E-state index contributed by atoms with van der Waals surface area (Å²) in [6.07, 6.45) is 5.71. The summed E-state index contributed by atoms with van der Waals surface area (Å²) in [6.45, 7) is 0. The van der Waals surface area contributed by atoms with Crippen LogP contribution in [-0.2, 0) is 4.74 Å². The molecular weight excluding hydrogens is 310 g/mol. The zero-order chi connectivity index (χ0) is 16.7. The predicted molar refractivity (Wildman–Crippen MR) is 84.8 cm³/mol. The fourth-order valence-corrected chi connectivity index (χ4v) is 3.10. The van der Waals surface area contributed by atoms with Gasteiger partial charge in [-0.15, -0.1) is 0 Å². The Hall–Kier alpha value is -2.70. The monoisotopic (exact) mass is 327 g/mol. The average molecular weight is 327 g/mol. The van der Waals surface area contributed by atoms with E-state index >= 15 is 0 Å². The van der Waals surface area contributed by atoms with Crippen molar-refractivity contribution in [3.8, 4) is 0 Å². The van der Waals surface area contributed by atoms with E-state index in [-0.39, 0.29) is 11.8 Å². The minimum absolute atomic E-state index is 0.0402. The molecule has 2 saturated carbocycles. The maximum absolute atomic E-state index is 12.1. The summed E-state index contributed by atoms with van der Waals surface area (Å²) in [5, 5.41) is 15.0. The van der Waals surface area contributed by atoms with Crippen LogP contribution < -0.4 is 0 Å². The van der Waals surface area contributed by atoms with E-state index in [9.17, 15) is 14.9 Å². The van der Waals surface area contributed by atoms with Crippen LogP contribution in [0.1, 0.15) is 53.7 Å². The van der Waals surface area contributed by atoms with E-state index in [4.69, 9.17) is 4.74 Å². The zero-order valence-electron chi connectivity index (χ0n) is 13.0. The van der Waals surface area contributed by atoms with Crippen LogP contribution in [0.15, 0.2) is 36.5 Å². The number of nitro benzene ring substituents is 1. The van der Waals surface area contributed by atoms with Crippen LogP contribution in [0, 0.1) is 10.1 Å². The van der Waals surface area contributed by atoms with E-state index in [1.54, 1.807) is 0 Å². The number of benzene rings is 1. The smallest absolute Gasteiger partial charge is 0.338 e. The lowest BCUT2D eigenvalue weighted by Crippen LogP contribution is -2.36. The van der Waals surface area contributed by atoms with Crippen molar-refractivity contribution in [1.82, 2.24) is 9.78 Å². The Morgan fingerprint density at radius 3 is 2.54 bits per heavy atom. The molecular formula is C17H17N3O4. The summed E-state index contributed by atoms with van der Waals surface area (Å²) < 4.78 is 7.54. The fraction of sp³-hybridized carbons (Fsp3) is 0.412. The molecule has 124 valence electrons. The van der Waals surface area contributed by atoms with Gasteiger partial charge in [-0.05, 0) is 31.0 Å². The Morgan fingerprint density at radius 1 is 1.21 bits per heavy atom. The highest BCUT2D eigenvalue weighted by Gasteiger charge is 2.37. The Labute approximate surface area is 138 Å². The summed E-state index contributed by atoms with van der Waals surface area (Å²) in [5.74, 6) is 0.213. The van der Waals surface area contributed by atoms with Gasteiger partial charge in [-0.1, -0.05) is 0 Å². The lowest BCUT2D eigenvalue weighted by molar-refractivity contribution is -0.384. The van der Waals surface area contributed by atoms with Gasteiger partial charge in [-0.3, -0.25) is 14.8 Å². The molecule has 0 N–H and O–H groups in total. The van der Waals surface area contributed by atoms with Crippen molar-refractivity contribution in [2.45, 2.75) is 43.7 Å². The summed E-state index contributed by atoms with van der Waals surface area (Å²) in [5.41, 5.74) is 1.59. The molecule has 1 aromatic carbocycles. The predicted octanol–water partition coefficient (Wildman–Crippen LogP) is 3.23. The number of aromatic nitrogens is 2. The molecule has 7 heteroatoms. The average Bonchev–Trinajstić information content (AvgIpc) is 3.28. The Kier molecular flexibility index (Phi) is 3.55. The molecule has 0 aliphatic heterocycles. The van der Waals surface area contributed by atoms with E-state index < -0.39 is 10.9 Å². The van der Waals surface area contributed by atoms with Gasteiger partial charge in [0, 0.05) is 42.8 Å². The lowest BCUT2D eigenvalue weighted by atomic mass is 9.89. The van der Waals surface area contributed by atoms with Gasteiger partial charge in [0.2, 0.25) is 0 Å². The zero-order valence-corrected chi connectivity index (χ0v) is 13.0. The number of nitro groups is 1. The number of esters is 1. The molecule has 0 saturated heterocycles. The standard InChI is InChI=1S/C17H17N3O4/c21-17(12-3-5-13(6-4-12)20(22)23)24-15-9-14(10-15)19-16(7-8-18-19)11-1-2-11/h3-8,11,14-15H,1-2,9-10H2. The van der Waals surface area contributed by atoms with Crippen LogP contribution in [0.2, 0.25) is 0 Å². The number of ether oxygens (including phenoxy) is 1. The van der Waals surface area contributed by atoms with Crippen molar-refractivity contribution in [2.24, 2.45) is 0 Å². The molecule has 1 heterocycles. The van der Waals surface area contributed by atoms with Crippen LogP contribution >= 0.6 is 0 Å². The molecule has 0 spiro atoms. The molecule has 2 aliphatic rings. The highest BCUT2D eigenvalue weighted by Crippen LogP contribution is 2.43. The second-order valence-corrected chi connectivity index (χ2v) is 6.43. The highest BCUT2D eigenvalue weighted by molar-refractivity contribution is 5.89. The number of non-ortho nitro benzene ring substituents is 1. The van der Waals surface area contributed by atoms with Gasteiger partial charge in [-0.2, -0.15) is 5.10 Å². The molecule has 0 unspecified atom stereocenters. The molecule has 0 radical (unpaired) electrons. The molecule has 1 aromatic heterocycles. The van der Waals surface area contributed by atoms with Crippen molar-refractivity contribution in [3.63, 3.8) is 0 Å². The van der Waals surface area contributed by atoms with E-state index in [1.165, 1.54) is 42.8 Å². The van der Waals surface area contributed by atoms with Crippen molar-refractivity contribution < 1.29 is 14.5 Å². The normalized spacial score (nSPS) is 22.7. The number of nitrogens with zero attached hydrogens (tertiary/aromatic N) is 3. The van der Waals surface area contributed by atoms with Crippen LogP contribution in [0.25, 0.3) is 0 Å². The Morgan fingerprint density at radius 2 is 1.92 bits per heavy atom. The fourth-order valence-electron chi connectivity index (χ4n) is 3.10. The molecule has 2 fully saturated rings. The van der Waals surface area contributed by atoms with Crippen molar-refractivity contribution >= 4 is 11.7 Å². The Balaban J connectivity index is 1.33. The van der Waals surface area contributed by atoms with Crippen LogP contribution in [0.3, 0.4) is 0 Å². The second-order valence-electron chi connectivity index (χ2n) is 6.43. The minimum Gasteiger partial charge on any atom is -0.459 e. The third-order valence-electron chi connectivity index (χ3n) is 4.70. The SMILES string of the molecule is O=C(OC1CC(n2nccc2C2CC2)C1)c1ccc([N+](=O)[O-])cc1. The first-order chi connectivity index (χ1) is 11.6. The van der Waals surface area contributed by atoms with E-state index in [1.807, 2.05) is 6.20 Å². The molecule has 2 aromatic rings. The molecule has 4 rings (SSSR count). The van der Waals surface area contributed by atoms with Gasteiger partial charge in [0.05, 0.1) is 16.5 Å². The third-order valence-corrected chi connectivity index (χ3v) is 4.70. The molecule has 0 bridgehead atoms. The quantitative estimate of drug-likeness (QED) is 0.478. The van der Waals surface area contributed by atoms with Crippen LogP contribution in [0.5, 0.6) is 0 Å². The maximum atomic E-state index is 12.1. The largest absolute Gasteiger partial charge is 0.459 e. The van der Waals surface area contributed by atoms with Gasteiger partial charge >= 0.3 is 5.97 Å². The molecule has 24 heavy (non-hydrogen) atoms. The number of hydrogen-bond donors (Lipinski definition) is 0. The lowest BCUT2D eigenvalue weighted by Gasteiger charge is -2.35. The number of carbonyl (C=O) groups is 1. The Bertz CT molecular complexity index is 773. The summed E-state index contributed by atoms with van der Waals surface area (Å²) in [6, 6.07) is 7.85. The first kappa shape index (κ1) is 14.9. The summed E-state index contributed by atoms with van der Waals surface area (Å²) in [7, 11) is 0. The van der Waals surface area contributed by atoms with Gasteiger partial charge in [0.1, 0.15) is 6.10 Å². The number of hydrogen-bond acceptors (Lipinski definition) is 5. The highest BCUT2D eigenvalue weighted by atomic mass is 16.6. The van der Waals surface area contributed by atoms with Gasteiger partial charge < -0.3 is 4.74 Å².